The van der Waals surface area contributed by atoms with Crippen molar-refractivity contribution in [2.24, 2.45) is 0 Å². The van der Waals surface area contributed by atoms with Crippen molar-refractivity contribution in [3.63, 3.8) is 0 Å². The van der Waals surface area contributed by atoms with E-state index in [0.717, 1.165) is 33.1 Å². The Morgan fingerprint density at radius 3 is 2.52 bits per heavy atom. The van der Waals surface area contributed by atoms with Gasteiger partial charge in [0.15, 0.2) is 5.65 Å². The molecule has 0 spiro atoms. The Labute approximate surface area is 197 Å². The van der Waals surface area contributed by atoms with Gasteiger partial charge in [-0.25, -0.2) is 9.67 Å². The summed E-state index contributed by atoms with van der Waals surface area (Å²) in [6.07, 6.45) is 1.74. The molecule has 0 bridgehead atoms. The van der Waals surface area contributed by atoms with Crippen LogP contribution in [0.15, 0.2) is 48.7 Å². The Bertz CT molecular complexity index is 1260. The molecule has 0 atom stereocenters. The van der Waals surface area contributed by atoms with Gasteiger partial charge in [-0.15, -0.1) is 11.3 Å². The number of fused-ring (bicyclic) bond motifs is 1. The summed E-state index contributed by atoms with van der Waals surface area (Å²) in [5, 5.41) is 5.26. The van der Waals surface area contributed by atoms with Crippen LogP contribution in [0.4, 0.5) is 0 Å². The molecule has 0 N–H and O–H groups in total. The smallest absolute Gasteiger partial charge is 0.254 e. The Kier molecular flexibility index (Phi) is 6.65. The average molecular weight is 465 g/mol. The molecule has 0 aliphatic rings. The number of carbonyl (C=O) groups excluding carboxylic acids is 1. The quantitative estimate of drug-likeness (QED) is 0.358. The molecule has 0 aliphatic heterocycles. The predicted octanol–water partition coefficient (Wildman–Crippen LogP) is 5.21. The number of amides is 1. The number of likely N-dealkylation sites (N-methyl/N-ethyl adjacent to an activating group) is 1. The van der Waals surface area contributed by atoms with E-state index in [9.17, 15) is 4.79 Å². The Hall–Kier alpha value is -3.39. The van der Waals surface area contributed by atoms with Crippen molar-refractivity contribution in [2.45, 2.75) is 26.8 Å². The van der Waals surface area contributed by atoms with Gasteiger partial charge in [-0.05, 0) is 63.2 Å². The first kappa shape index (κ1) is 22.8. The molecule has 0 saturated heterocycles. The summed E-state index contributed by atoms with van der Waals surface area (Å²) >= 11 is 1.66. The number of aryl methyl sites for hydroxylation is 1. The van der Waals surface area contributed by atoms with Gasteiger partial charge in [0.05, 0.1) is 41.4 Å². The van der Waals surface area contributed by atoms with E-state index in [2.05, 4.69) is 31.9 Å². The maximum absolute atomic E-state index is 13.4. The van der Waals surface area contributed by atoms with Gasteiger partial charge < -0.3 is 14.4 Å². The van der Waals surface area contributed by atoms with Gasteiger partial charge in [-0.2, -0.15) is 5.10 Å². The fourth-order valence-corrected chi connectivity index (χ4v) is 4.38. The lowest BCUT2D eigenvalue weighted by Crippen LogP contribution is -2.31. The molecule has 0 fully saturated rings. The second kappa shape index (κ2) is 9.62. The van der Waals surface area contributed by atoms with Crippen LogP contribution >= 0.6 is 11.3 Å². The minimum absolute atomic E-state index is 0.0847. The molecule has 0 radical (unpaired) electrons. The highest BCUT2D eigenvalue weighted by Gasteiger charge is 2.21. The van der Waals surface area contributed by atoms with Crippen molar-refractivity contribution >= 4 is 28.3 Å². The molecule has 1 aromatic carbocycles. The zero-order chi connectivity index (χ0) is 23.5. The first-order valence-electron chi connectivity index (χ1n) is 10.8. The third-order valence-electron chi connectivity index (χ3n) is 5.38. The van der Waals surface area contributed by atoms with E-state index in [0.29, 0.717) is 18.7 Å². The second-order valence-corrected chi connectivity index (χ2v) is 9.42. The van der Waals surface area contributed by atoms with E-state index in [4.69, 9.17) is 14.5 Å². The van der Waals surface area contributed by atoms with Crippen LogP contribution in [0.3, 0.4) is 0 Å². The molecule has 3 heterocycles. The standard InChI is InChI=1S/C25H28N4O3S/c1-16(2)29-24-21(15-26-29)20(14-22(27-24)23-11-6-17(3)33-23)25(30)28(4)12-13-32-19-9-7-18(31-5)8-10-19/h6-11,14-16H,12-13H2,1-5H3. The molecule has 8 heteroatoms. The lowest BCUT2D eigenvalue weighted by atomic mass is 10.1. The number of rotatable bonds is 8. The molecular weight excluding hydrogens is 436 g/mol. The summed E-state index contributed by atoms with van der Waals surface area (Å²) in [5.41, 5.74) is 2.11. The first-order chi connectivity index (χ1) is 15.9. The highest BCUT2D eigenvalue weighted by atomic mass is 32.1. The molecule has 7 nitrogen and oxygen atoms in total. The summed E-state index contributed by atoms with van der Waals surface area (Å²) in [6.45, 7) is 7.00. The lowest BCUT2D eigenvalue weighted by Gasteiger charge is -2.18. The summed E-state index contributed by atoms with van der Waals surface area (Å²) in [6, 6.07) is 13.5. The molecule has 4 aromatic rings. The van der Waals surface area contributed by atoms with Crippen LogP contribution in [0, 0.1) is 6.92 Å². The minimum Gasteiger partial charge on any atom is -0.497 e. The molecule has 0 unspecified atom stereocenters. The number of benzene rings is 1. The van der Waals surface area contributed by atoms with Crippen LogP contribution in [-0.4, -0.2) is 52.9 Å². The van der Waals surface area contributed by atoms with E-state index in [-0.39, 0.29) is 11.9 Å². The zero-order valence-electron chi connectivity index (χ0n) is 19.5. The van der Waals surface area contributed by atoms with Crippen molar-refractivity contribution in [1.29, 1.82) is 0 Å². The number of thiophene rings is 1. The Balaban J connectivity index is 1.58. The molecule has 3 aromatic heterocycles. The fourth-order valence-electron chi connectivity index (χ4n) is 3.55. The monoisotopic (exact) mass is 464 g/mol. The lowest BCUT2D eigenvalue weighted by molar-refractivity contribution is 0.0775. The van der Waals surface area contributed by atoms with Crippen molar-refractivity contribution in [3.8, 4) is 22.1 Å². The maximum atomic E-state index is 13.4. The van der Waals surface area contributed by atoms with E-state index >= 15 is 0 Å². The molecule has 0 saturated carbocycles. The van der Waals surface area contributed by atoms with Crippen LogP contribution in [0.1, 0.15) is 35.1 Å². The third kappa shape index (κ3) is 4.85. The van der Waals surface area contributed by atoms with Gasteiger partial charge in [-0.1, -0.05) is 0 Å². The van der Waals surface area contributed by atoms with E-state index < -0.39 is 0 Å². The summed E-state index contributed by atoms with van der Waals surface area (Å²) in [7, 11) is 3.41. The Morgan fingerprint density at radius 1 is 1.15 bits per heavy atom. The summed E-state index contributed by atoms with van der Waals surface area (Å²) in [4.78, 5) is 22.2. The van der Waals surface area contributed by atoms with Gasteiger partial charge in [-0.3, -0.25) is 4.79 Å². The maximum Gasteiger partial charge on any atom is 0.254 e. The number of carbonyl (C=O) groups is 1. The van der Waals surface area contributed by atoms with Crippen LogP contribution in [-0.2, 0) is 0 Å². The van der Waals surface area contributed by atoms with Crippen LogP contribution in [0.25, 0.3) is 21.6 Å². The van der Waals surface area contributed by atoms with E-state index in [1.165, 1.54) is 4.88 Å². The van der Waals surface area contributed by atoms with Gasteiger partial charge in [0.2, 0.25) is 0 Å². The van der Waals surface area contributed by atoms with Crippen molar-refractivity contribution < 1.29 is 14.3 Å². The normalized spacial score (nSPS) is 11.2. The van der Waals surface area contributed by atoms with Gasteiger partial charge in [0.25, 0.3) is 5.91 Å². The van der Waals surface area contributed by atoms with Crippen molar-refractivity contribution in [2.75, 3.05) is 27.3 Å². The van der Waals surface area contributed by atoms with Crippen molar-refractivity contribution in [1.82, 2.24) is 19.7 Å². The number of hydrogen-bond acceptors (Lipinski definition) is 6. The van der Waals surface area contributed by atoms with Crippen LogP contribution in [0.5, 0.6) is 11.5 Å². The fraction of sp³-hybridized carbons (Fsp3) is 0.320. The van der Waals surface area contributed by atoms with E-state index in [1.807, 2.05) is 41.1 Å². The summed E-state index contributed by atoms with van der Waals surface area (Å²) < 4.78 is 12.8. The molecule has 33 heavy (non-hydrogen) atoms. The number of aromatic nitrogens is 3. The van der Waals surface area contributed by atoms with E-state index in [1.54, 1.807) is 36.6 Å². The number of methoxy groups -OCH3 is 1. The Morgan fingerprint density at radius 2 is 1.88 bits per heavy atom. The van der Waals surface area contributed by atoms with Crippen LogP contribution in [0.2, 0.25) is 0 Å². The highest BCUT2D eigenvalue weighted by molar-refractivity contribution is 7.15. The number of hydrogen-bond donors (Lipinski definition) is 0. The van der Waals surface area contributed by atoms with Gasteiger partial charge >= 0.3 is 0 Å². The van der Waals surface area contributed by atoms with Gasteiger partial charge in [0, 0.05) is 18.0 Å². The van der Waals surface area contributed by atoms with Gasteiger partial charge in [0.1, 0.15) is 18.1 Å². The number of nitrogens with zero attached hydrogens (tertiary/aromatic N) is 4. The third-order valence-corrected chi connectivity index (χ3v) is 6.40. The highest BCUT2D eigenvalue weighted by Crippen LogP contribution is 2.31. The van der Waals surface area contributed by atoms with Crippen molar-refractivity contribution in [3.05, 3.63) is 59.1 Å². The topological polar surface area (TPSA) is 69.5 Å². The number of pyridine rings is 1. The molecular formula is C25H28N4O3S. The SMILES string of the molecule is COc1ccc(OCCN(C)C(=O)c2cc(-c3ccc(C)s3)nc3c2cnn3C(C)C)cc1. The predicted molar refractivity (Wildman–Crippen MR) is 131 cm³/mol. The molecule has 0 aliphatic carbocycles. The average Bonchev–Trinajstić information content (AvgIpc) is 3.44. The molecule has 172 valence electrons. The zero-order valence-corrected chi connectivity index (χ0v) is 20.3. The largest absolute Gasteiger partial charge is 0.497 e. The first-order valence-corrected chi connectivity index (χ1v) is 11.7. The molecule has 1 amide bonds. The second-order valence-electron chi connectivity index (χ2n) is 8.14. The summed E-state index contributed by atoms with van der Waals surface area (Å²) in [5.74, 6) is 1.42. The molecule has 4 rings (SSSR count). The minimum atomic E-state index is -0.0847. The number of ether oxygens (including phenoxy) is 2. The van der Waals surface area contributed by atoms with Crippen LogP contribution < -0.4 is 9.47 Å².